The number of hydrogen-bond donors (Lipinski definition) is 2. The van der Waals surface area contributed by atoms with Crippen molar-refractivity contribution in [2.75, 3.05) is 5.73 Å². The molecule has 98 valence electrons. The molecule has 1 aromatic carbocycles. The van der Waals surface area contributed by atoms with Crippen LogP contribution in [0.2, 0.25) is 0 Å². The van der Waals surface area contributed by atoms with E-state index in [4.69, 9.17) is 5.73 Å². The van der Waals surface area contributed by atoms with Crippen molar-refractivity contribution in [2.45, 2.75) is 12.8 Å². The number of pyridine rings is 2. The molecule has 3 N–H and O–H groups in total. The molecule has 4 nitrogen and oxygen atoms in total. The molecule has 0 atom stereocenters. The molecule has 0 unspecified atom stereocenters. The van der Waals surface area contributed by atoms with E-state index in [0.29, 0.717) is 5.56 Å². The summed E-state index contributed by atoms with van der Waals surface area (Å²) in [5.41, 5.74) is 11.2. The molecule has 2 heterocycles. The minimum atomic E-state index is 0.00174. The summed E-state index contributed by atoms with van der Waals surface area (Å²) in [6.45, 7) is 0. The van der Waals surface area contributed by atoms with Gasteiger partial charge in [-0.05, 0) is 18.9 Å². The molecule has 1 aliphatic carbocycles. The minimum Gasteiger partial charge on any atom is -0.398 e. The number of nitrogens with zero attached hydrogens (tertiary/aromatic N) is 1. The molecule has 2 aromatic heterocycles. The van der Waals surface area contributed by atoms with Crippen LogP contribution in [0.25, 0.3) is 22.2 Å². The smallest absolute Gasteiger partial charge is 0.191 e. The zero-order chi connectivity index (χ0) is 13.7. The van der Waals surface area contributed by atoms with Crippen LogP contribution >= 0.6 is 0 Å². The second kappa shape index (κ2) is 3.93. The van der Waals surface area contributed by atoms with Crippen LogP contribution in [0.15, 0.2) is 41.3 Å². The first kappa shape index (κ1) is 11.2. The van der Waals surface area contributed by atoms with Gasteiger partial charge in [-0.25, -0.2) is 4.98 Å². The fourth-order valence-electron chi connectivity index (χ4n) is 2.97. The first-order valence-electron chi connectivity index (χ1n) is 6.64. The van der Waals surface area contributed by atoms with Crippen molar-refractivity contribution >= 4 is 16.6 Å². The average Bonchev–Trinajstić information content (AvgIpc) is 2.47. The van der Waals surface area contributed by atoms with E-state index >= 15 is 0 Å². The van der Waals surface area contributed by atoms with Gasteiger partial charge in [0.1, 0.15) is 0 Å². The first-order valence-corrected chi connectivity index (χ1v) is 6.64. The van der Waals surface area contributed by atoms with E-state index in [-0.39, 0.29) is 5.43 Å². The van der Waals surface area contributed by atoms with Crippen LogP contribution in [-0.4, -0.2) is 9.97 Å². The van der Waals surface area contributed by atoms with E-state index in [9.17, 15) is 4.79 Å². The molecular formula is C16H13N3O. The van der Waals surface area contributed by atoms with Crippen molar-refractivity contribution in [3.8, 4) is 11.3 Å². The fourth-order valence-corrected chi connectivity index (χ4v) is 2.97. The number of nitrogens with one attached hydrogen (secondary N) is 1. The Hall–Kier alpha value is -2.62. The number of aromatic amines is 1. The lowest BCUT2D eigenvalue weighted by atomic mass is 9.90. The Balaban J connectivity index is 2.16. The number of fused-ring (bicyclic) bond motifs is 4. The van der Waals surface area contributed by atoms with E-state index < -0.39 is 0 Å². The Bertz CT molecular complexity index is 896. The lowest BCUT2D eigenvalue weighted by molar-refractivity contribution is 0.887. The lowest BCUT2D eigenvalue weighted by Gasteiger charge is -2.20. The van der Waals surface area contributed by atoms with Gasteiger partial charge in [0.05, 0.1) is 16.8 Å². The van der Waals surface area contributed by atoms with Crippen LogP contribution in [0.1, 0.15) is 11.3 Å². The number of H-pyrrole nitrogens is 1. The van der Waals surface area contributed by atoms with E-state index in [2.05, 4.69) is 9.97 Å². The second-order valence-electron chi connectivity index (χ2n) is 5.07. The predicted octanol–water partition coefficient (Wildman–Crippen LogP) is 2.27. The van der Waals surface area contributed by atoms with Gasteiger partial charge in [-0.15, -0.1) is 0 Å². The summed E-state index contributed by atoms with van der Waals surface area (Å²) in [6.07, 6.45) is 3.30. The maximum atomic E-state index is 12.2. The van der Waals surface area contributed by atoms with Gasteiger partial charge >= 0.3 is 0 Å². The topological polar surface area (TPSA) is 71.8 Å². The zero-order valence-electron chi connectivity index (χ0n) is 10.8. The van der Waals surface area contributed by atoms with Gasteiger partial charge in [-0.1, -0.05) is 18.2 Å². The molecule has 1 aliphatic rings. The van der Waals surface area contributed by atoms with Crippen molar-refractivity contribution in [3.63, 3.8) is 0 Å². The third-order valence-corrected chi connectivity index (χ3v) is 3.94. The highest BCUT2D eigenvalue weighted by Crippen LogP contribution is 2.35. The maximum absolute atomic E-state index is 12.2. The number of nitrogens with two attached hydrogens (primary N) is 1. The summed E-state index contributed by atoms with van der Waals surface area (Å²) < 4.78 is 0. The molecule has 0 amide bonds. The molecular weight excluding hydrogens is 250 g/mol. The van der Waals surface area contributed by atoms with Gasteiger partial charge in [-0.2, -0.15) is 0 Å². The van der Waals surface area contributed by atoms with Crippen LogP contribution in [0, 0.1) is 0 Å². The van der Waals surface area contributed by atoms with Gasteiger partial charge in [0.25, 0.3) is 0 Å². The molecule has 0 bridgehead atoms. The molecule has 0 radical (unpaired) electrons. The summed E-state index contributed by atoms with van der Waals surface area (Å²) in [7, 11) is 0. The van der Waals surface area contributed by atoms with Gasteiger partial charge in [0, 0.05) is 34.6 Å². The van der Waals surface area contributed by atoms with Gasteiger partial charge in [0.2, 0.25) is 0 Å². The number of anilines is 1. The molecule has 0 saturated carbocycles. The Labute approximate surface area is 115 Å². The standard InChI is InChI=1S/C16H13N3O/c17-15-9-3-1-2-4-11(9)19-16-10(15)5-6-12-14(16)13(20)7-8-18-12/h1-4,7-8H,5-6H2,(H2,17,19)(H,18,20). The number of rotatable bonds is 0. The van der Waals surface area contributed by atoms with E-state index in [1.165, 1.54) is 0 Å². The van der Waals surface area contributed by atoms with Crippen LogP contribution in [-0.2, 0) is 12.8 Å². The summed E-state index contributed by atoms with van der Waals surface area (Å²) in [5.74, 6) is 0. The first-order chi connectivity index (χ1) is 9.75. The molecule has 3 aromatic rings. The highest BCUT2D eigenvalue weighted by atomic mass is 16.1. The molecule has 0 spiro atoms. The number of benzene rings is 1. The largest absolute Gasteiger partial charge is 0.398 e. The SMILES string of the molecule is Nc1c2c(nc3ccccc13)-c1c([nH]ccc1=O)CC2. The highest BCUT2D eigenvalue weighted by molar-refractivity contribution is 5.95. The number of aromatic nitrogens is 2. The van der Waals surface area contributed by atoms with Gasteiger partial charge < -0.3 is 10.7 Å². The summed E-state index contributed by atoms with van der Waals surface area (Å²) in [4.78, 5) is 20.0. The predicted molar refractivity (Wildman–Crippen MR) is 79.6 cm³/mol. The average molecular weight is 263 g/mol. The minimum absolute atomic E-state index is 0.00174. The number of para-hydroxylation sites is 1. The summed E-state index contributed by atoms with van der Waals surface area (Å²) in [5, 5.41) is 0.960. The van der Waals surface area contributed by atoms with E-state index in [1.807, 2.05) is 24.3 Å². The molecule has 20 heavy (non-hydrogen) atoms. The molecule has 0 fully saturated rings. The number of hydrogen-bond acceptors (Lipinski definition) is 3. The molecule has 4 heteroatoms. The van der Waals surface area contributed by atoms with Crippen LogP contribution in [0.5, 0.6) is 0 Å². The zero-order valence-corrected chi connectivity index (χ0v) is 10.8. The third kappa shape index (κ3) is 1.42. The summed E-state index contributed by atoms with van der Waals surface area (Å²) in [6, 6.07) is 9.33. The van der Waals surface area contributed by atoms with Crippen molar-refractivity contribution in [1.82, 2.24) is 9.97 Å². The monoisotopic (exact) mass is 263 g/mol. The normalized spacial score (nSPS) is 13.0. The Kier molecular flexibility index (Phi) is 2.21. The lowest BCUT2D eigenvalue weighted by Crippen LogP contribution is -2.17. The summed E-state index contributed by atoms with van der Waals surface area (Å²) >= 11 is 0. The molecule has 0 saturated heterocycles. The van der Waals surface area contributed by atoms with Crippen LogP contribution in [0.3, 0.4) is 0 Å². The Morgan fingerprint density at radius 1 is 1.15 bits per heavy atom. The third-order valence-electron chi connectivity index (χ3n) is 3.94. The molecule has 0 aliphatic heterocycles. The van der Waals surface area contributed by atoms with E-state index in [1.54, 1.807) is 12.3 Å². The quantitative estimate of drug-likeness (QED) is 0.653. The van der Waals surface area contributed by atoms with E-state index in [0.717, 1.165) is 46.4 Å². The van der Waals surface area contributed by atoms with Crippen molar-refractivity contribution < 1.29 is 0 Å². The van der Waals surface area contributed by atoms with Crippen molar-refractivity contribution in [1.29, 1.82) is 0 Å². The van der Waals surface area contributed by atoms with Crippen molar-refractivity contribution in [2.24, 2.45) is 0 Å². The fraction of sp³-hybridized carbons (Fsp3) is 0.125. The van der Waals surface area contributed by atoms with Crippen LogP contribution in [0.4, 0.5) is 5.69 Å². The second-order valence-corrected chi connectivity index (χ2v) is 5.07. The van der Waals surface area contributed by atoms with Gasteiger partial charge in [-0.3, -0.25) is 4.79 Å². The number of aryl methyl sites for hydroxylation is 1. The molecule has 4 rings (SSSR count). The highest BCUT2D eigenvalue weighted by Gasteiger charge is 2.23. The Morgan fingerprint density at radius 3 is 2.90 bits per heavy atom. The van der Waals surface area contributed by atoms with Gasteiger partial charge in [0.15, 0.2) is 5.43 Å². The van der Waals surface area contributed by atoms with Crippen molar-refractivity contribution in [3.05, 3.63) is 58.0 Å². The maximum Gasteiger partial charge on any atom is 0.191 e. The number of nitrogen functional groups attached to an aromatic ring is 1. The Morgan fingerprint density at radius 2 is 2.00 bits per heavy atom. The van der Waals surface area contributed by atoms with Crippen LogP contribution < -0.4 is 11.2 Å².